The molecule has 1 aromatic rings. The normalized spacial score (nSPS) is 11.8. The van der Waals surface area contributed by atoms with E-state index in [1.54, 1.807) is 39.3 Å². The topological polar surface area (TPSA) is 47.6 Å². The van der Waals surface area contributed by atoms with Crippen LogP contribution in [0.15, 0.2) is 18.2 Å². The van der Waals surface area contributed by atoms with E-state index >= 15 is 0 Å². The van der Waals surface area contributed by atoms with Gasteiger partial charge in [0.05, 0.1) is 19.0 Å². The number of alkyl halides is 1. The summed E-state index contributed by atoms with van der Waals surface area (Å²) in [7, 11) is 3.12. The third kappa shape index (κ3) is 3.13. The SMILES string of the molecule is COc1ccc(NC(=O)[C@H](C)Br)cc1OC. The second kappa shape index (κ2) is 5.75. The van der Waals surface area contributed by atoms with Crippen LogP contribution in [0.3, 0.4) is 0 Å². The second-order valence-electron chi connectivity index (χ2n) is 3.18. The van der Waals surface area contributed by atoms with E-state index in [1.807, 2.05) is 0 Å². The zero-order valence-electron chi connectivity index (χ0n) is 9.41. The van der Waals surface area contributed by atoms with Crippen molar-refractivity contribution in [1.29, 1.82) is 0 Å². The quantitative estimate of drug-likeness (QED) is 0.866. The van der Waals surface area contributed by atoms with Crippen LogP contribution in [0.2, 0.25) is 0 Å². The summed E-state index contributed by atoms with van der Waals surface area (Å²) in [6.07, 6.45) is 0. The fourth-order valence-corrected chi connectivity index (χ4v) is 1.27. The molecule has 0 unspecified atom stereocenters. The van der Waals surface area contributed by atoms with Crippen LogP contribution >= 0.6 is 15.9 Å². The van der Waals surface area contributed by atoms with Crippen LogP contribution in [0, 0.1) is 0 Å². The molecule has 88 valence electrons. The number of amides is 1. The number of anilines is 1. The molecule has 1 amide bonds. The van der Waals surface area contributed by atoms with Crippen molar-refractivity contribution in [2.24, 2.45) is 0 Å². The summed E-state index contributed by atoms with van der Waals surface area (Å²) in [4.78, 5) is 11.2. The maximum absolute atomic E-state index is 11.4. The predicted octanol–water partition coefficient (Wildman–Crippen LogP) is 2.43. The molecule has 5 heteroatoms. The first-order valence-electron chi connectivity index (χ1n) is 4.75. The molecule has 0 saturated carbocycles. The highest BCUT2D eigenvalue weighted by atomic mass is 79.9. The minimum absolute atomic E-state index is 0.104. The lowest BCUT2D eigenvalue weighted by Gasteiger charge is -2.11. The molecule has 0 aromatic heterocycles. The van der Waals surface area contributed by atoms with Gasteiger partial charge in [-0.05, 0) is 19.1 Å². The Labute approximate surface area is 103 Å². The second-order valence-corrected chi connectivity index (χ2v) is 4.55. The number of benzene rings is 1. The summed E-state index contributed by atoms with van der Waals surface area (Å²) in [5.74, 6) is 1.11. The number of rotatable bonds is 4. The van der Waals surface area contributed by atoms with E-state index < -0.39 is 0 Å². The van der Waals surface area contributed by atoms with Gasteiger partial charge < -0.3 is 14.8 Å². The van der Waals surface area contributed by atoms with Gasteiger partial charge in [-0.3, -0.25) is 4.79 Å². The molecule has 0 heterocycles. The molecular weight excluding hydrogens is 274 g/mol. The molecule has 1 atom stereocenters. The average molecular weight is 288 g/mol. The summed E-state index contributed by atoms with van der Waals surface area (Å²) >= 11 is 3.19. The van der Waals surface area contributed by atoms with E-state index in [0.29, 0.717) is 17.2 Å². The molecule has 1 N–H and O–H groups in total. The zero-order chi connectivity index (χ0) is 12.1. The minimum atomic E-state index is -0.236. The molecule has 1 aromatic carbocycles. The Hall–Kier alpha value is -1.23. The van der Waals surface area contributed by atoms with Gasteiger partial charge in [0, 0.05) is 11.8 Å². The van der Waals surface area contributed by atoms with Gasteiger partial charge in [0.25, 0.3) is 0 Å². The summed E-state index contributed by atoms with van der Waals surface area (Å²) < 4.78 is 10.2. The van der Waals surface area contributed by atoms with Crippen LogP contribution in [0.25, 0.3) is 0 Å². The van der Waals surface area contributed by atoms with Gasteiger partial charge in [0.2, 0.25) is 5.91 Å². The van der Waals surface area contributed by atoms with E-state index in [4.69, 9.17) is 9.47 Å². The Morgan fingerprint density at radius 1 is 1.31 bits per heavy atom. The molecule has 4 nitrogen and oxygen atoms in total. The molecule has 1 rings (SSSR count). The summed E-state index contributed by atoms with van der Waals surface area (Å²) in [6.45, 7) is 1.76. The third-order valence-corrected chi connectivity index (χ3v) is 2.43. The van der Waals surface area contributed by atoms with Gasteiger partial charge in [-0.15, -0.1) is 0 Å². The van der Waals surface area contributed by atoms with Gasteiger partial charge in [-0.1, -0.05) is 15.9 Å². The molecule has 0 fully saturated rings. The van der Waals surface area contributed by atoms with Gasteiger partial charge >= 0.3 is 0 Å². The van der Waals surface area contributed by atoms with Crippen LogP contribution in [0.5, 0.6) is 11.5 Å². The van der Waals surface area contributed by atoms with Crippen molar-refractivity contribution < 1.29 is 14.3 Å². The average Bonchev–Trinajstić information content (AvgIpc) is 2.28. The molecule has 0 aliphatic rings. The van der Waals surface area contributed by atoms with E-state index in [1.165, 1.54) is 0 Å². The maximum Gasteiger partial charge on any atom is 0.237 e. The van der Waals surface area contributed by atoms with Gasteiger partial charge in [-0.2, -0.15) is 0 Å². The fraction of sp³-hybridized carbons (Fsp3) is 0.364. The number of hydrogen-bond donors (Lipinski definition) is 1. The van der Waals surface area contributed by atoms with E-state index in [-0.39, 0.29) is 10.7 Å². The summed E-state index contributed by atoms with van der Waals surface area (Å²) in [5, 5.41) is 2.75. The number of ether oxygens (including phenoxy) is 2. The molecule has 0 radical (unpaired) electrons. The zero-order valence-corrected chi connectivity index (χ0v) is 11.0. The lowest BCUT2D eigenvalue weighted by atomic mass is 10.2. The standard InChI is InChI=1S/C11H14BrNO3/c1-7(12)11(14)13-8-4-5-9(15-2)10(6-8)16-3/h4-7H,1-3H3,(H,13,14)/t7-/m0/s1. The Balaban J connectivity index is 2.87. The fourth-order valence-electron chi connectivity index (χ4n) is 1.16. The molecule has 0 aliphatic carbocycles. The van der Waals surface area contributed by atoms with Crippen molar-refractivity contribution in [3.63, 3.8) is 0 Å². The van der Waals surface area contributed by atoms with Crippen LogP contribution in [0.4, 0.5) is 5.69 Å². The molecule has 0 bridgehead atoms. The van der Waals surface area contributed by atoms with Crippen molar-refractivity contribution in [1.82, 2.24) is 0 Å². The first-order chi connectivity index (χ1) is 7.58. The number of carbonyl (C=O) groups excluding carboxylic acids is 1. The Bertz CT molecular complexity index is 379. The number of carbonyl (C=O) groups is 1. The smallest absolute Gasteiger partial charge is 0.237 e. The molecule has 16 heavy (non-hydrogen) atoms. The summed E-state index contributed by atoms with van der Waals surface area (Å²) in [5.41, 5.74) is 0.675. The minimum Gasteiger partial charge on any atom is -0.493 e. The largest absolute Gasteiger partial charge is 0.493 e. The molecular formula is C11H14BrNO3. The number of nitrogens with one attached hydrogen (secondary N) is 1. The van der Waals surface area contributed by atoms with Crippen LogP contribution in [-0.4, -0.2) is 25.0 Å². The molecule has 0 aliphatic heterocycles. The number of methoxy groups -OCH3 is 2. The monoisotopic (exact) mass is 287 g/mol. The van der Waals surface area contributed by atoms with Crippen LogP contribution in [-0.2, 0) is 4.79 Å². The first-order valence-corrected chi connectivity index (χ1v) is 5.67. The Kier molecular flexibility index (Phi) is 4.61. The number of halogens is 1. The van der Waals surface area contributed by atoms with E-state index in [9.17, 15) is 4.79 Å². The van der Waals surface area contributed by atoms with Gasteiger partial charge in [0.15, 0.2) is 11.5 Å². The highest BCUT2D eigenvalue weighted by Gasteiger charge is 2.10. The van der Waals surface area contributed by atoms with Crippen LogP contribution in [0.1, 0.15) is 6.92 Å². The highest BCUT2D eigenvalue weighted by molar-refractivity contribution is 9.10. The van der Waals surface area contributed by atoms with Crippen molar-refractivity contribution in [3.8, 4) is 11.5 Å². The van der Waals surface area contributed by atoms with E-state index in [2.05, 4.69) is 21.2 Å². The van der Waals surface area contributed by atoms with Crippen molar-refractivity contribution in [3.05, 3.63) is 18.2 Å². The summed E-state index contributed by atoms with van der Waals surface area (Å²) in [6, 6.07) is 5.22. The third-order valence-electron chi connectivity index (χ3n) is 2.01. The first kappa shape index (κ1) is 12.8. The molecule has 0 saturated heterocycles. The maximum atomic E-state index is 11.4. The van der Waals surface area contributed by atoms with Crippen molar-refractivity contribution in [2.75, 3.05) is 19.5 Å². The number of hydrogen-bond acceptors (Lipinski definition) is 3. The predicted molar refractivity (Wildman–Crippen MR) is 66.6 cm³/mol. The van der Waals surface area contributed by atoms with Crippen LogP contribution < -0.4 is 14.8 Å². The lowest BCUT2D eigenvalue weighted by molar-refractivity contribution is -0.115. The van der Waals surface area contributed by atoms with Gasteiger partial charge in [0.1, 0.15) is 0 Å². The Morgan fingerprint density at radius 3 is 2.44 bits per heavy atom. The lowest BCUT2D eigenvalue weighted by Crippen LogP contribution is -2.19. The highest BCUT2D eigenvalue weighted by Crippen LogP contribution is 2.29. The van der Waals surface area contributed by atoms with Gasteiger partial charge in [-0.25, -0.2) is 0 Å². The van der Waals surface area contributed by atoms with Crippen molar-refractivity contribution in [2.45, 2.75) is 11.8 Å². The Morgan fingerprint density at radius 2 is 1.94 bits per heavy atom. The van der Waals surface area contributed by atoms with Crippen molar-refractivity contribution >= 4 is 27.5 Å². The van der Waals surface area contributed by atoms with E-state index in [0.717, 1.165) is 0 Å². The molecule has 0 spiro atoms.